The third kappa shape index (κ3) is 4.18. The van der Waals surface area contributed by atoms with Crippen molar-refractivity contribution >= 4 is 37.6 Å². The van der Waals surface area contributed by atoms with Crippen molar-refractivity contribution in [2.24, 2.45) is 0 Å². The quantitative estimate of drug-likeness (QED) is 0.466. The number of sulfonamides is 1. The van der Waals surface area contributed by atoms with Crippen LogP contribution in [0.15, 0.2) is 51.8 Å². The molecule has 1 aliphatic rings. The van der Waals surface area contributed by atoms with E-state index in [2.05, 4.69) is 20.7 Å². The first-order valence-electron chi connectivity index (χ1n) is 9.67. The molecule has 0 atom stereocenters. The number of nitriles is 1. The lowest BCUT2D eigenvalue weighted by Gasteiger charge is -2.17. The number of nitrogens with one attached hydrogen (secondary N) is 1. The van der Waals surface area contributed by atoms with Crippen LogP contribution in [0.1, 0.15) is 21.5 Å². The first-order valence-corrected chi connectivity index (χ1v) is 11.9. The van der Waals surface area contributed by atoms with Crippen LogP contribution in [0.5, 0.6) is 11.5 Å². The maximum absolute atomic E-state index is 15.0. The SMILES string of the molecule is COc1c(F)cc2cc1NS(=O)(=O)c1cc(cc(Br)c1OC)C(=O)OCc1ccc(C#N)cc1-2. The van der Waals surface area contributed by atoms with E-state index in [1.165, 1.54) is 38.5 Å². The average molecular weight is 547 g/mol. The molecule has 34 heavy (non-hydrogen) atoms. The molecule has 0 unspecified atom stereocenters. The Balaban J connectivity index is 2.05. The molecule has 1 heterocycles. The van der Waals surface area contributed by atoms with E-state index in [9.17, 15) is 18.5 Å². The molecule has 8 nitrogen and oxygen atoms in total. The van der Waals surface area contributed by atoms with Crippen LogP contribution < -0.4 is 14.2 Å². The number of cyclic esters (lactones) is 1. The Labute approximate surface area is 203 Å². The van der Waals surface area contributed by atoms with Gasteiger partial charge in [0.1, 0.15) is 11.5 Å². The van der Waals surface area contributed by atoms with E-state index in [4.69, 9.17) is 14.2 Å². The van der Waals surface area contributed by atoms with Crippen LogP contribution in [0.3, 0.4) is 0 Å². The summed E-state index contributed by atoms with van der Waals surface area (Å²) in [5.41, 5.74) is 1.18. The third-order valence-corrected chi connectivity index (χ3v) is 7.10. The van der Waals surface area contributed by atoms with Gasteiger partial charge in [0.05, 0.1) is 41.6 Å². The minimum Gasteiger partial charge on any atom is -0.494 e. The number of carbonyl (C=O) groups is 1. The molecular formula is C23H16BrFN2O6S. The van der Waals surface area contributed by atoms with E-state index in [1.54, 1.807) is 6.07 Å². The number of fused-ring (bicyclic) bond motifs is 6. The minimum absolute atomic E-state index is 0.0488. The van der Waals surface area contributed by atoms with Crippen LogP contribution in [-0.2, 0) is 21.4 Å². The number of ether oxygens (including phenoxy) is 3. The van der Waals surface area contributed by atoms with E-state index < -0.39 is 21.8 Å². The highest BCUT2D eigenvalue weighted by Gasteiger charge is 2.28. The molecule has 174 valence electrons. The van der Waals surface area contributed by atoms with Gasteiger partial charge in [-0.15, -0.1) is 0 Å². The number of hydrogen-bond acceptors (Lipinski definition) is 7. The molecule has 4 bridgehead atoms. The lowest BCUT2D eigenvalue weighted by molar-refractivity contribution is 0.0473. The van der Waals surface area contributed by atoms with Gasteiger partial charge in [-0.3, -0.25) is 4.72 Å². The Morgan fingerprint density at radius 3 is 2.50 bits per heavy atom. The number of halogens is 2. The first kappa shape index (κ1) is 23.5. The second-order valence-corrected chi connectivity index (χ2v) is 9.70. The van der Waals surface area contributed by atoms with Crippen molar-refractivity contribution < 1.29 is 31.8 Å². The number of anilines is 1. The van der Waals surface area contributed by atoms with Crippen LogP contribution in [0.25, 0.3) is 11.1 Å². The highest BCUT2D eigenvalue weighted by Crippen LogP contribution is 2.40. The third-order valence-electron chi connectivity index (χ3n) is 5.14. The van der Waals surface area contributed by atoms with Crippen LogP contribution in [0.4, 0.5) is 10.1 Å². The molecule has 3 aromatic carbocycles. The summed E-state index contributed by atoms with van der Waals surface area (Å²) < 4.78 is 60.0. The molecule has 0 saturated carbocycles. The van der Waals surface area contributed by atoms with E-state index >= 15 is 4.39 Å². The first-order chi connectivity index (χ1) is 16.2. The van der Waals surface area contributed by atoms with E-state index in [1.807, 2.05) is 6.07 Å². The molecule has 0 amide bonds. The van der Waals surface area contributed by atoms with E-state index in [0.29, 0.717) is 11.1 Å². The van der Waals surface area contributed by atoms with Crippen molar-refractivity contribution in [2.45, 2.75) is 11.5 Å². The monoisotopic (exact) mass is 546 g/mol. The number of methoxy groups -OCH3 is 2. The predicted molar refractivity (Wildman–Crippen MR) is 124 cm³/mol. The van der Waals surface area contributed by atoms with Gasteiger partial charge in [0.25, 0.3) is 10.0 Å². The molecule has 0 radical (unpaired) electrons. The Bertz CT molecular complexity index is 1480. The standard InChI is InChI=1S/C23H16BrFN2O6S/c1-31-21-17(24)6-15-9-20(21)34(29,30)27-19-8-14(7-18(25)22(19)32-2)16-5-12(10-26)3-4-13(16)11-33-23(15)28/h3-9,27H,11H2,1-2H3. The Morgan fingerprint density at radius 2 is 1.82 bits per heavy atom. The van der Waals surface area contributed by atoms with Gasteiger partial charge in [0.2, 0.25) is 0 Å². The maximum atomic E-state index is 15.0. The summed E-state index contributed by atoms with van der Waals surface area (Å²) in [7, 11) is -1.92. The molecular weight excluding hydrogens is 531 g/mol. The number of esters is 1. The summed E-state index contributed by atoms with van der Waals surface area (Å²) in [6.07, 6.45) is 0. The van der Waals surface area contributed by atoms with Crippen molar-refractivity contribution in [3.63, 3.8) is 0 Å². The van der Waals surface area contributed by atoms with Gasteiger partial charge in [-0.1, -0.05) is 6.07 Å². The van der Waals surface area contributed by atoms with Crippen molar-refractivity contribution in [2.75, 3.05) is 18.9 Å². The maximum Gasteiger partial charge on any atom is 0.338 e. The van der Waals surface area contributed by atoms with Gasteiger partial charge in [0.15, 0.2) is 17.3 Å². The van der Waals surface area contributed by atoms with Gasteiger partial charge in [-0.05, 0) is 69.0 Å². The number of benzene rings is 3. The highest BCUT2D eigenvalue weighted by molar-refractivity contribution is 9.10. The molecule has 0 aromatic heterocycles. The molecule has 1 aliphatic heterocycles. The second kappa shape index (κ2) is 8.96. The lowest BCUT2D eigenvalue weighted by Crippen LogP contribution is -2.16. The fraction of sp³-hybridized carbons (Fsp3) is 0.130. The molecule has 1 N–H and O–H groups in total. The summed E-state index contributed by atoms with van der Waals surface area (Å²) in [6.45, 7) is -0.206. The highest BCUT2D eigenvalue weighted by atomic mass is 79.9. The van der Waals surface area contributed by atoms with E-state index in [-0.39, 0.29) is 49.9 Å². The normalized spacial score (nSPS) is 14.1. The van der Waals surface area contributed by atoms with Gasteiger partial charge < -0.3 is 14.2 Å². The van der Waals surface area contributed by atoms with Crippen molar-refractivity contribution in [1.29, 1.82) is 5.26 Å². The topological polar surface area (TPSA) is 115 Å². The average Bonchev–Trinajstić information content (AvgIpc) is 2.81. The second-order valence-electron chi connectivity index (χ2n) is 7.19. The van der Waals surface area contributed by atoms with Gasteiger partial charge in [-0.2, -0.15) is 5.26 Å². The number of rotatable bonds is 2. The van der Waals surface area contributed by atoms with Gasteiger partial charge in [0, 0.05) is 0 Å². The van der Waals surface area contributed by atoms with Crippen molar-refractivity contribution in [3.8, 4) is 28.7 Å². The summed E-state index contributed by atoms with van der Waals surface area (Å²) in [4.78, 5) is 12.4. The smallest absolute Gasteiger partial charge is 0.338 e. The summed E-state index contributed by atoms with van der Waals surface area (Å²) in [5.74, 6) is -2.01. The lowest BCUT2D eigenvalue weighted by atomic mass is 9.97. The molecule has 0 aliphatic carbocycles. The van der Waals surface area contributed by atoms with Crippen LogP contribution >= 0.6 is 15.9 Å². The molecule has 0 saturated heterocycles. The van der Waals surface area contributed by atoms with E-state index in [0.717, 1.165) is 12.1 Å². The number of nitrogens with zero attached hydrogens (tertiary/aromatic N) is 1. The van der Waals surface area contributed by atoms with Crippen molar-refractivity contribution in [1.82, 2.24) is 0 Å². The number of carbonyl (C=O) groups excluding carboxylic acids is 1. The molecule has 3 aromatic rings. The van der Waals surface area contributed by atoms with Gasteiger partial charge in [-0.25, -0.2) is 17.6 Å². The minimum atomic E-state index is -4.40. The summed E-state index contributed by atoms with van der Waals surface area (Å²) in [5, 5.41) is 9.33. The molecule has 0 fully saturated rings. The predicted octanol–water partition coefficient (Wildman–Crippen LogP) is 4.62. The Kier molecular flexibility index (Phi) is 6.20. The van der Waals surface area contributed by atoms with Crippen LogP contribution in [0.2, 0.25) is 0 Å². The molecule has 4 rings (SSSR count). The zero-order valence-electron chi connectivity index (χ0n) is 17.8. The number of hydrogen-bond donors (Lipinski definition) is 1. The van der Waals surface area contributed by atoms with Gasteiger partial charge >= 0.3 is 5.97 Å². The van der Waals surface area contributed by atoms with Crippen molar-refractivity contribution in [3.05, 3.63) is 69.4 Å². The molecule has 11 heteroatoms. The Morgan fingerprint density at radius 1 is 1.09 bits per heavy atom. The summed E-state index contributed by atoms with van der Waals surface area (Å²) in [6, 6.07) is 11.6. The largest absolute Gasteiger partial charge is 0.494 e. The fourth-order valence-electron chi connectivity index (χ4n) is 3.58. The fourth-order valence-corrected chi connectivity index (χ4v) is 5.61. The summed E-state index contributed by atoms with van der Waals surface area (Å²) >= 11 is 3.22. The Hall–Kier alpha value is -3.62. The zero-order chi connectivity index (χ0) is 24.6. The zero-order valence-corrected chi connectivity index (χ0v) is 20.2. The van der Waals surface area contributed by atoms with Crippen LogP contribution in [0, 0.1) is 17.1 Å². The van der Waals surface area contributed by atoms with Crippen LogP contribution in [-0.4, -0.2) is 28.6 Å². The molecule has 0 spiro atoms.